The molecule has 0 heterocycles. The van der Waals surface area contributed by atoms with E-state index < -0.39 is 36.4 Å². The monoisotopic (exact) mass is 325 g/mol. The van der Waals surface area contributed by atoms with E-state index >= 15 is 0 Å². The summed E-state index contributed by atoms with van der Waals surface area (Å²) in [6, 6.07) is 4.35. The fraction of sp³-hybridized carbons (Fsp3) is 0.455. The molecule has 5 nitrogen and oxygen atoms in total. The van der Waals surface area contributed by atoms with Crippen LogP contribution in [0, 0.1) is 0 Å². The first-order valence-corrected chi connectivity index (χ1v) is 9.31. The third kappa shape index (κ3) is 3.84. The predicted octanol–water partition coefficient (Wildman–Crippen LogP) is 1.52. The second-order valence-electron chi connectivity index (χ2n) is 4.39. The number of hydrogen-bond donors (Lipinski definition) is 1. The molecule has 1 rings (SSSR count). The zero-order valence-electron chi connectivity index (χ0n) is 10.6. The van der Waals surface area contributed by atoms with Crippen molar-refractivity contribution in [3.63, 3.8) is 0 Å². The maximum atomic E-state index is 12.1. The minimum atomic E-state index is -3.82. The molecule has 0 saturated carbocycles. The minimum absolute atomic E-state index is 0.00180. The number of anilines is 1. The van der Waals surface area contributed by atoms with Crippen LogP contribution in [0.25, 0.3) is 0 Å². The normalized spacial score (nSPS) is 12.8. The van der Waals surface area contributed by atoms with Crippen molar-refractivity contribution in [3.8, 4) is 0 Å². The van der Waals surface area contributed by atoms with Crippen molar-refractivity contribution in [2.45, 2.75) is 24.0 Å². The van der Waals surface area contributed by atoms with Crippen LogP contribution in [0.4, 0.5) is 5.69 Å². The summed E-state index contributed by atoms with van der Waals surface area (Å²) in [5.41, 5.74) is 5.62. The molecule has 0 atom stereocenters. The van der Waals surface area contributed by atoms with E-state index in [4.69, 9.17) is 17.3 Å². The fourth-order valence-electron chi connectivity index (χ4n) is 1.42. The molecule has 0 saturated heterocycles. The summed E-state index contributed by atoms with van der Waals surface area (Å²) in [6.07, 6.45) is 0. The highest BCUT2D eigenvalue weighted by atomic mass is 35.5. The second kappa shape index (κ2) is 5.68. The van der Waals surface area contributed by atoms with E-state index in [-0.39, 0.29) is 15.6 Å². The largest absolute Gasteiger partial charge is 0.398 e. The zero-order valence-corrected chi connectivity index (χ0v) is 13.0. The average Bonchev–Trinajstić information content (AvgIpc) is 2.26. The summed E-state index contributed by atoms with van der Waals surface area (Å²) in [4.78, 5) is -0.198. The Balaban J connectivity index is 3.08. The van der Waals surface area contributed by atoms with Gasteiger partial charge in [0, 0.05) is 0 Å². The minimum Gasteiger partial charge on any atom is -0.398 e. The van der Waals surface area contributed by atoms with Crippen molar-refractivity contribution in [1.82, 2.24) is 0 Å². The van der Waals surface area contributed by atoms with Gasteiger partial charge in [-0.3, -0.25) is 0 Å². The molecule has 0 spiro atoms. The number of sulfone groups is 2. The zero-order chi connectivity index (χ0) is 14.8. The molecule has 0 aromatic heterocycles. The van der Waals surface area contributed by atoms with E-state index in [0.29, 0.717) is 0 Å². The number of nitrogens with two attached hydrogens (primary N) is 1. The molecular formula is C11H16ClNO4S2. The van der Waals surface area contributed by atoms with Crippen molar-refractivity contribution >= 4 is 37.0 Å². The maximum Gasteiger partial charge on any atom is 0.182 e. The van der Waals surface area contributed by atoms with Crippen LogP contribution >= 0.6 is 11.6 Å². The molecule has 1 aromatic rings. The lowest BCUT2D eigenvalue weighted by atomic mass is 10.3. The highest BCUT2D eigenvalue weighted by Gasteiger charge is 2.25. The lowest BCUT2D eigenvalue weighted by molar-refractivity contribution is 0.582. The average molecular weight is 326 g/mol. The molecule has 2 N–H and O–H groups in total. The standard InChI is InChI=1S/C11H16ClNO4S2/c1-8(2)18(14,15)6-7-19(16,17)11-9(12)4-3-5-10(11)13/h3-5,8H,6-7,13H2,1-2H3. The molecule has 108 valence electrons. The molecule has 0 amide bonds. The van der Waals surface area contributed by atoms with Crippen LogP contribution < -0.4 is 5.73 Å². The van der Waals surface area contributed by atoms with Gasteiger partial charge in [0.15, 0.2) is 19.7 Å². The lowest BCUT2D eigenvalue weighted by Gasteiger charge is -2.11. The Morgan fingerprint density at radius 2 is 1.74 bits per heavy atom. The molecule has 0 aliphatic rings. The van der Waals surface area contributed by atoms with Crippen LogP contribution in [0.5, 0.6) is 0 Å². The van der Waals surface area contributed by atoms with Crippen LogP contribution in [0.3, 0.4) is 0 Å². The Bertz CT molecular complexity index is 646. The van der Waals surface area contributed by atoms with E-state index in [1.165, 1.54) is 32.0 Å². The molecule has 0 fully saturated rings. The number of benzene rings is 1. The Kier molecular flexibility index (Phi) is 4.86. The molecule has 0 aliphatic heterocycles. The van der Waals surface area contributed by atoms with Gasteiger partial charge in [0.2, 0.25) is 0 Å². The third-order valence-corrected chi connectivity index (χ3v) is 7.38. The van der Waals surface area contributed by atoms with E-state index in [9.17, 15) is 16.8 Å². The Morgan fingerprint density at radius 1 is 1.16 bits per heavy atom. The van der Waals surface area contributed by atoms with Crippen molar-refractivity contribution < 1.29 is 16.8 Å². The molecule has 0 radical (unpaired) electrons. The van der Waals surface area contributed by atoms with Crippen LogP contribution in [-0.4, -0.2) is 33.6 Å². The quantitative estimate of drug-likeness (QED) is 0.828. The van der Waals surface area contributed by atoms with Gasteiger partial charge in [0.25, 0.3) is 0 Å². The smallest absolute Gasteiger partial charge is 0.182 e. The number of rotatable bonds is 5. The van der Waals surface area contributed by atoms with Crippen molar-refractivity contribution in [1.29, 1.82) is 0 Å². The molecule has 1 aromatic carbocycles. The van der Waals surface area contributed by atoms with Gasteiger partial charge in [-0.2, -0.15) is 0 Å². The van der Waals surface area contributed by atoms with Gasteiger partial charge in [-0.1, -0.05) is 17.7 Å². The fourth-order valence-corrected chi connectivity index (χ4v) is 5.23. The molecule has 0 aliphatic carbocycles. The molecular weight excluding hydrogens is 310 g/mol. The van der Waals surface area contributed by atoms with Gasteiger partial charge in [-0.25, -0.2) is 16.8 Å². The summed E-state index contributed by atoms with van der Waals surface area (Å²) < 4.78 is 47.5. The first-order chi connectivity index (χ1) is 8.58. The SMILES string of the molecule is CC(C)S(=O)(=O)CCS(=O)(=O)c1c(N)cccc1Cl. The Labute approximate surface area is 118 Å². The highest BCUT2D eigenvalue weighted by Crippen LogP contribution is 2.28. The molecule has 8 heteroatoms. The Morgan fingerprint density at radius 3 is 2.21 bits per heavy atom. The Hall–Kier alpha value is -0.790. The van der Waals surface area contributed by atoms with Crippen molar-refractivity contribution in [2.24, 2.45) is 0 Å². The molecule has 0 unspecified atom stereocenters. The first kappa shape index (κ1) is 16.3. The van der Waals surface area contributed by atoms with E-state index in [0.717, 1.165) is 0 Å². The van der Waals surface area contributed by atoms with Gasteiger partial charge >= 0.3 is 0 Å². The van der Waals surface area contributed by atoms with Crippen LogP contribution in [-0.2, 0) is 19.7 Å². The van der Waals surface area contributed by atoms with E-state index in [2.05, 4.69) is 0 Å². The van der Waals surface area contributed by atoms with Gasteiger partial charge in [0.05, 0.1) is 27.5 Å². The summed E-state index contributed by atoms with van der Waals surface area (Å²) in [5, 5.41) is -0.617. The summed E-state index contributed by atoms with van der Waals surface area (Å²) in [7, 11) is -7.25. The summed E-state index contributed by atoms with van der Waals surface area (Å²) >= 11 is 5.82. The number of halogens is 1. The molecule has 0 bridgehead atoms. The first-order valence-electron chi connectivity index (χ1n) is 5.56. The van der Waals surface area contributed by atoms with Crippen molar-refractivity contribution in [2.75, 3.05) is 17.2 Å². The second-order valence-corrected chi connectivity index (χ2v) is 9.52. The van der Waals surface area contributed by atoms with E-state index in [1.807, 2.05) is 0 Å². The van der Waals surface area contributed by atoms with Gasteiger partial charge in [0.1, 0.15) is 4.90 Å². The number of hydrogen-bond acceptors (Lipinski definition) is 5. The lowest BCUT2D eigenvalue weighted by Crippen LogP contribution is -2.24. The molecule has 19 heavy (non-hydrogen) atoms. The van der Waals surface area contributed by atoms with Crippen molar-refractivity contribution in [3.05, 3.63) is 23.2 Å². The van der Waals surface area contributed by atoms with Gasteiger partial charge < -0.3 is 5.73 Å². The predicted molar refractivity (Wildman–Crippen MR) is 76.8 cm³/mol. The number of nitrogen functional groups attached to an aromatic ring is 1. The van der Waals surface area contributed by atoms with Crippen LogP contribution in [0.1, 0.15) is 13.8 Å². The van der Waals surface area contributed by atoms with Crippen LogP contribution in [0.15, 0.2) is 23.1 Å². The highest BCUT2D eigenvalue weighted by molar-refractivity contribution is 7.95. The van der Waals surface area contributed by atoms with E-state index in [1.54, 1.807) is 0 Å². The van der Waals surface area contributed by atoms with Gasteiger partial charge in [-0.15, -0.1) is 0 Å². The van der Waals surface area contributed by atoms with Crippen LogP contribution in [0.2, 0.25) is 5.02 Å². The third-order valence-electron chi connectivity index (χ3n) is 2.66. The topological polar surface area (TPSA) is 94.3 Å². The summed E-state index contributed by atoms with van der Waals surface area (Å²) in [6.45, 7) is 3.01. The van der Waals surface area contributed by atoms with Gasteiger partial charge in [-0.05, 0) is 26.0 Å². The maximum absolute atomic E-state index is 12.1. The summed E-state index contributed by atoms with van der Waals surface area (Å²) in [5.74, 6) is -0.973.